The zero-order valence-corrected chi connectivity index (χ0v) is 14.4. The lowest BCUT2D eigenvalue weighted by Gasteiger charge is -2.06. The van der Waals surface area contributed by atoms with Gasteiger partial charge in [-0.05, 0) is 44.0 Å². The van der Waals surface area contributed by atoms with E-state index in [1.165, 1.54) is 17.8 Å². The Balaban J connectivity index is 1.33. The minimum Gasteiger partial charge on any atom is -0.320 e. The second-order valence-corrected chi connectivity index (χ2v) is 7.76. The Morgan fingerprint density at radius 3 is 3.04 bits per heavy atom. The predicted octanol–water partition coefficient (Wildman–Crippen LogP) is 2.55. The number of anilines is 1. The molecule has 1 saturated carbocycles. The van der Waals surface area contributed by atoms with Crippen LogP contribution in [-0.2, 0) is 0 Å². The lowest BCUT2D eigenvalue weighted by molar-refractivity contribution is 0.102. The number of fused-ring (bicyclic) bond motifs is 1. The minimum absolute atomic E-state index is 0.233. The summed E-state index contributed by atoms with van der Waals surface area (Å²) in [7, 11) is 0. The number of nitrogens with zero attached hydrogens (tertiary/aromatic N) is 4. The van der Waals surface area contributed by atoms with Crippen LogP contribution in [0.1, 0.15) is 46.7 Å². The van der Waals surface area contributed by atoms with Crippen molar-refractivity contribution >= 4 is 33.1 Å². The Kier molecular flexibility index (Phi) is 3.53. The number of hydrogen-bond donors (Lipinski definition) is 2. The van der Waals surface area contributed by atoms with E-state index in [2.05, 4.69) is 25.9 Å². The molecule has 3 heterocycles. The van der Waals surface area contributed by atoms with Crippen molar-refractivity contribution in [1.82, 2.24) is 25.3 Å². The zero-order valence-electron chi connectivity index (χ0n) is 13.6. The van der Waals surface area contributed by atoms with Crippen molar-refractivity contribution in [1.29, 1.82) is 0 Å². The zero-order chi connectivity index (χ0) is 16.8. The van der Waals surface area contributed by atoms with Crippen LogP contribution in [0.4, 0.5) is 5.69 Å². The Labute approximate surface area is 148 Å². The van der Waals surface area contributed by atoms with Crippen LogP contribution in [0.2, 0.25) is 0 Å². The highest BCUT2D eigenvalue weighted by atomic mass is 32.1. The van der Waals surface area contributed by atoms with Crippen molar-refractivity contribution in [2.24, 2.45) is 0 Å². The highest BCUT2D eigenvalue weighted by Crippen LogP contribution is 2.43. The first-order chi connectivity index (χ1) is 12.3. The topological polar surface area (TPSA) is 84.7 Å². The molecule has 1 aromatic carbocycles. The summed E-state index contributed by atoms with van der Waals surface area (Å²) >= 11 is 1.72. The van der Waals surface area contributed by atoms with Gasteiger partial charge in [0.2, 0.25) is 0 Å². The predicted molar refractivity (Wildman–Crippen MR) is 96.1 cm³/mol. The molecule has 5 rings (SSSR count). The van der Waals surface area contributed by atoms with Gasteiger partial charge in [-0.1, -0.05) is 5.21 Å². The van der Waals surface area contributed by atoms with Gasteiger partial charge in [0.15, 0.2) is 5.69 Å². The minimum atomic E-state index is -0.233. The molecule has 1 saturated heterocycles. The Morgan fingerprint density at radius 2 is 2.24 bits per heavy atom. The van der Waals surface area contributed by atoms with Crippen LogP contribution in [0.15, 0.2) is 24.4 Å². The number of carbonyl (C=O) groups excluding carboxylic acids is 1. The number of nitrogens with one attached hydrogen (secondary N) is 2. The average molecular weight is 354 g/mol. The van der Waals surface area contributed by atoms with E-state index in [1.54, 1.807) is 22.2 Å². The van der Waals surface area contributed by atoms with Crippen molar-refractivity contribution in [3.63, 3.8) is 0 Å². The summed E-state index contributed by atoms with van der Waals surface area (Å²) in [5.74, 6) is 0.416. The molecular formula is C17H18N6OS. The molecule has 1 unspecified atom stereocenters. The maximum atomic E-state index is 12.4. The summed E-state index contributed by atoms with van der Waals surface area (Å²) < 4.78 is 2.89. The third-order valence-electron chi connectivity index (χ3n) is 4.74. The number of rotatable bonds is 4. The van der Waals surface area contributed by atoms with E-state index >= 15 is 0 Å². The lowest BCUT2D eigenvalue weighted by atomic mass is 10.2. The van der Waals surface area contributed by atoms with Gasteiger partial charge in [0, 0.05) is 18.2 Å². The van der Waals surface area contributed by atoms with Crippen LogP contribution >= 0.6 is 11.3 Å². The van der Waals surface area contributed by atoms with Crippen molar-refractivity contribution in [2.75, 3.05) is 18.4 Å². The van der Waals surface area contributed by atoms with E-state index in [-0.39, 0.29) is 11.9 Å². The molecule has 2 N–H and O–H groups in total. The summed E-state index contributed by atoms with van der Waals surface area (Å²) in [4.78, 5) is 17.1. The van der Waals surface area contributed by atoms with Crippen LogP contribution < -0.4 is 10.6 Å². The summed E-state index contributed by atoms with van der Waals surface area (Å²) in [6.07, 6.45) is 5.23. The van der Waals surface area contributed by atoms with Gasteiger partial charge in [-0.25, -0.2) is 9.67 Å². The number of benzene rings is 1. The first kappa shape index (κ1) is 15.0. The van der Waals surface area contributed by atoms with Gasteiger partial charge in [0.1, 0.15) is 0 Å². The molecule has 0 bridgehead atoms. The maximum Gasteiger partial charge on any atom is 0.277 e. The van der Waals surface area contributed by atoms with Gasteiger partial charge in [0.05, 0.1) is 27.5 Å². The molecule has 0 radical (unpaired) electrons. The molecule has 2 aliphatic rings. The summed E-state index contributed by atoms with van der Waals surface area (Å²) in [5, 5.41) is 15.5. The molecule has 1 atom stereocenters. The molecule has 3 aromatic rings. The van der Waals surface area contributed by atoms with Crippen LogP contribution in [0.5, 0.6) is 0 Å². The first-order valence-corrected chi connectivity index (χ1v) is 9.42. The fraction of sp³-hybridized carbons (Fsp3) is 0.412. The van der Waals surface area contributed by atoms with Gasteiger partial charge < -0.3 is 10.6 Å². The van der Waals surface area contributed by atoms with Crippen molar-refractivity contribution in [3.8, 4) is 0 Å². The van der Waals surface area contributed by atoms with Crippen LogP contribution in [0.25, 0.3) is 10.2 Å². The van der Waals surface area contributed by atoms with Crippen LogP contribution in [0.3, 0.4) is 0 Å². The Bertz CT molecular complexity index is 938. The molecule has 1 amide bonds. The monoisotopic (exact) mass is 354 g/mol. The van der Waals surface area contributed by atoms with Crippen LogP contribution in [-0.4, -0.2) is 39.0 Å². The SMILES string of the molecule is O=C(Nc1ccc2nc(C3CC3)sc2c1)c1cn(C2CCNC2)nn1. The normalized spacial score (nSPS) is 20.2. The number of carbonyl (C=O) groups is 1. The van der Waals surface area contributed by atoms with E-state index in [4.69, 9.17) is 0 Å². The Hall–Kier alpha value is -2.32. The molecule has 1 aliphatic carbocycles. The molecule has 25 heavy (non-hydrogen) atoms. The highest BCUT2D eigenvalue weighted by molar-refractivity contribution is 7.18. The largest absolute Gasteiger partial charge is 0.320 e. The Morgan fingerprint density at radius 1 is 1.32 bits per heavy atom. The lowest BCUT2D eigenvalue weighted by Crippen LogP contribution is -2.14. The fourth-order valence-electron chi connectivity index (χ4n) is 3.14. The molecule has 2 fully saturated rings. The molecule has 128 valence electrons. The summed E-state index contributed by atoms with van der Waals surface area (Å²) in [6.45, 7) is 1.85. The second kappa shape index (κ2) is 5.89. The van der Waals surface area contributed by atoms with Gasteiger partial charge in [-0.3, -0.25) is 4.79 Å². The van der Waals surface area contributed by atoms with Crippen molar-refractivity contribution in [3.05, 3.63) is 35.1 Å². The first-order valence-electron chi connectivity index (χ1n) is 8.61. The van der Waals surface area contributed by atoms with Gasteiger partial charge >= 0.3 is 0 Å². The summed E-state index contributed by atoms with van der Waals surface area (Å²) in [6, 6.07) is 6.13. The average Bonchev–Trinajstić information content (AvgIpc) is 3.06. The third kappa shape index (κ3) is 2.91. The number of amides is 1. The van der Waals surface area contributed by atoms with Gasteiger partial charge in [-0.15, -0.1) is 16.4 Å². The van der Waals surface area contributed by atoms with E-state index < -0.39 is 0 Å². The molecule has 2 aromatic heterocycles. The highest BCUT2D eigenvalue weighted by Gasteiger charge is 2.27. The molecular weight excluding hydrogens is 336 g/mol. The summed E-state index contributed by atoms with van der Waals surface area (Å²) in [5.41, 5.74) is 2.11. The quantitative estimate of drug-likeness (QED) is 0.752. The van der Waals surface area contributed by atoms with E-state index in [0.29, 0.717) is 11.6 Å². The number of aromatic nitrogens is 4. The second-order valence-electron chi connectivity index (χ2n) is 6.69. The molecule has 1 aliphatic heterocycles. The third-order valence-corrected chi connectivity index (χ3v) is 5.92. The van der Waals surface area contributed by atoms with Crippen LogP contribution in [0, 0.1) is 0 Å². The molecule has 0 spiro atoms. The van der Waals surface area contributed by atoms with E-state index in [0.717, 1.165) is 35.4 Å². The smallest absolute Gasteiger partial charge is 0.277 e. The fourth-order valence-corrected chi connectivity index (χ4v) is 4.32. The van der Waals surface area contributed by atoms with Gasteiger partial charge in [0.25, 0.3) is 5.91 Å². The van der Waals surface area contributed by atoms with Crippen molar-refractivity contribution < 1.29 is 4.79 Å². The maximum absolute atomic E-state index is 12.4. The standard InChI is InChI=1S/C17H18N6OS/c24-16(14-9-23(22-21-14)12-5-6-18-8-12)19-11-3-4-13-15(7-11)25-17(20-13)10-1-2-10/h3-4,7,9-10,12,18H,1-2,5-6,8H2,(H,19,24). The number of hydrogen-bond acceptors (Lipinski definition) is 6. The molecule has 8 heteroatoms. The van der Waals surface area contributed by atoms with E-state index in [9.17, 15) is 4.79 Å². The molecule has 7 nitrogen and oxygen atoms in total. The van der Waals surface area contributed by atoms with Gasteiger partial charge in [-0.2, -0.15) is 0 Å². The van der Waals surface area contributed by atoms with Crippen molar-refractivity contribution in [2.45, 2.75) is 31.2 Å². The van der Waals surface area contributed by atoms with E-state index in [1.807, 2.05) is 18.2 Å². The number of thiazole rings is 1.